The summed E-state index contributed by atoms with van der Waals surface area (Å²) in [5.41, 5.74) is 8.26. The molecule has 0 saturated heterocycles. The fourth-order valence-electron chi connectivity index (χ4n) is 3.14. The van der Waals surface area contributed by atoms with Gasteiger partial charge in [0.1, 0.15) is 25.1 Å². The highest BCUT2D eigenvalue weighted by Gasteiger charge is 2.42. The fraction of sp³-hybridized carbons (Fsp3) is 0.238. The highest BCUT2D eigenvalue weighted by molar-refractivity contribution is 7.91. The van der Waals surface area contributed by atoms with E-state index in [0.717, 1.165) is 16.9 Å². The average Bonchev–Trinajstić information content (AvgIpc) is 2.73. The van der Waals surface area contributed by atoms with Crippen LogP contribution in [0, 0.1) is 0 Å². The van der Waals surface area contributed by atoms with Crippen LogP contribution in [-0.4, -0.2) is 27.3 Å². The molecule has 0 bridgehead atoms. The first-order valence-corrected chi connectivity index (χ1v) is 10.6. The molecule has 1 heterocycles. The van der Waals surface area contributed by atoms with Gasteiger partial charge in [0.2, 0.25) is 0 Å². The summed E-state index contributed by atoms with van der Waals surface area (Å²) >= 11 is 0. The number of para-hydroxylation sites is 1. The number of hydrogen-bond acceptors (Lipinski definition) is 4. The van der Waals surface area contributed by atoms with Gasteiger partial charge in [-0.25, -0.2) is 0 Å². The van der Waals surface area contributed by atoms with E-state index in [9.17, 15) is 8.42 Å². The lowest BCUT2D eigenvalue weighted by atomic mass is 10.1. The molecule has 3 rings (SSSR count). The van der Waals surface area contributed by atoms with Crippen LogP contribution in [0.25, 0.3) is 0 Å². The molecule has 1 aliphatic heterocycles. The van der Waals surface area contributed by atoms with Crippen LogP contribution in [-0.2, 0) is 16.6 Å². The highest BCUT2D eigenvalue weighted by Crippen LogP contribution is 2.33. The quantitative estimate of drug-likeness (QED) is 0.742. The van der Waals surface area contributed by atoms with Crippen molar-refractivity contribution in [1.82, 2.24) is 3.89 Å². The van der Waals surface area contributed by atoms with Gasteiger partial charge in [0.25, 0.3) is 0 Å². The third kappa shape index (κ3) is 3.98. The minimum absolute atomic E-state index is 0.0497. The first-order valence-electron chi connectivity index (χ1n) is 8.97. The van der Waals surface area contributed by atoms with Gasteiger partial charge in [0.15, 0.2) is 5.69 Å². The number of hydrogen-bond donors (Lipinski definition) is 1. The molecule has 1 atom stereocenters. The Bertz CT molecular complexity index is 935. The van der Waals surface area contributed by atoms with Crippen molar-refractivity contribution < 1.29 is 13.2 Å². The first kappa shape index (κ1) is 19.4. The molecule has 1 unspecified atom stereocenters. The van der Waals surface area contributed by atoms with Gasteiger partial charge in [-0.15, -0.1) is 0 Å². The third-order valence-corrected chi connectivity index (χ3v) is 6.89. The van der Waals surface area contributed by atoms with E-state index in [0.29, 0.717) is 25.4 Å². The molecule has 2 aromatic carbocycles. The molecule has 0 spiro atoms. The Hall–Kier alpha value is -2.41. The molecular weight excluding hydrogens is 360 g/mol. The normalized spacial score (nSPS) is 19.6. The van der Waals surface area contributed by atoms with Crippen LogP contribution in [0.5, 0.6) is 5.75 Å². The summed E-state index contributed by atoms with van der Waals surface area (Å²) in [6.07, 6.45) is 5.53. The number of nitrogens with zero attached hydrogens (tertiary/aromatic N) is 1. The molecule has 0 radical (unpaired) electrons. The van der Waals surface area contributed by atoms with E-state index in [4.69, 9.17) is 10.5 Å². The van der Waals surface area contributed by atoms with Gasteiger partial charge in [0.05, 0.1) is 5.75 Å². The van der Waals surface area contributed by atoms with Gasteiger partial charge >= 0.3 is 10.0 Å². The van der Waals surface area contributed by atoms with Gasteiger partial charge in [-0.05, 0) is 42.8 Å². The molecule has 0 saturated carbocycles. The van der Waals surface area contributed by atoms with Crippen molar-refractivity contribution in [2.75, 3.05) is 18.8 Å². The first-order chi connectivity index (χ1) is 13.0. The Morgan fingerprint density at radius 1 is 1.07 bits per heavy atom. The van der Waals surface area contributed by atoms with Crippen LogP contribution in [0.3, 0.4) is 0 Å². The van der Waals surface area contributed by atoms with E-state index in [-0.39, 0.29) is 9.64 Å². The summed E-state index contributed by atoms with van der Waals surface area (Å²) in [4.78, 5) is 0. The highest BCUT2D eigenvalue weighted by atomic mass is 32.2. The van der Waals surface area contributed by atoms with E-state index < -0.39 is 10.0 Å². The number of rotatable bonds is 7. The van der Waals surface area contributed by atoms with Crippen molar-refractivity contribution in [3.8, 4) is 5.75 Å². The lowest BCUT2D eigenvalue weighted by molar-refractivity contribution is 0.306. The molecule has 2 N–H and O–H groups in total. The van der Waals surface area contributed by atoms with Crippen LogP contribution in [0.15, 0.2) is 78.5 Å². The summed E-state index contributed by atoms with van der Waals surface area (Å²) in [5.74, 6) is 0.851. The molecule has 27 heavy (non-hydrogen) atoms. The maximum Gasteiger partial charge on any atom is 0.306 e. The third-order valence-electron chi connectivity index (χ3n) is 4.70. The number of sulfonamides is 1. The maximum atomic E-state index is 13.0. The zero-order chi connectivity index (χ0) is 19.3. The van der Waals surface area contributed by atoms with Crippen molar-refractivity contribution in [2.45, 2.75) is 13.5 Å². The van der Waals surface area contributed by atoms with E-state index in [2.05, 4.69) is 0 Å². The van der Waals surface area contributed by atoms with Crippen molar-refractivity contribution in [3.05, 3.63) is 84.1 Å². The van der Waals surface area contributed by atoms with Crippen LogP contribution < -0.4 is 14.4 Å². The van der Waals surface area contributed by atoms with Gasteiger partial charge in [-0.2, -0.15) is 12.3 Å². The second-order valence-electron chi connectivity index (χ2n) is 6.43. The second kappa shape index (κ2) is 8.08. The van der Waals surface area contributed by atoms with Crippen molar-refractivity contribution in [3.63, 3.8) is 0 Å². The number of quaternary nitrogens is 1. The van der Waals surface area contributed by atoms with Crippen LogP contribution >= 0.6 is 0 Å². The Kier molecular flexibility index (Phi) is 5.79. The molecule has 0 aromatic heterocycles. The number of ether oxygens (including phenoxy) is 1. The van der Waals surface area contributed by atoms with Gasteiger partial charge in [-0.3, -0.25) is 0 Å². The second-order valence-corrected chi connectivity index (χ2v) is 8.82. The zero-order valence-corrected chi connectivity index (χ0v) is 16.2. The van der Waals surface area contributed by atoms with Crippen molar-refractivity contribution in [2.24, 2.45) is 5.73 Å². The van der Waals surface area contributed by atoms with Crippen molar-refractivity contribution in [1.29, 1.82) is 0 Å². The molecule has 1 aliphatic rings. The van der Waals surface area contributed by atoms with E-state index >= 15 is 0 Å². The fourth-order valence-corrected chi connectivity index (χ4v) is 4.65. The smallest absolute Gasteiger partial charge is 0.306 e. The Morgan fingerprint density at radius 2 is 1.78 bits per heavy atom. The Labute approximate surface area is 161 Å². The van der Waals surface area contributed by atoms with E-state index in [1.54, 1.807) is 13.1 Å². The van der Waals surface area contributed by atoms with Crippen LogP contribution in [0.4, 0.5) is 5.69 Å². The molecule has 2 aromatic rings. The minimum Gasteiger partial charge on any atom is -0.489 e. The van der Waals surface area contributed by atoms with E-state index in [1.165, 1.54) is 0 Å². The monoisotopic (exact) mass is 385 g/mol. The summed E-state index contributed by atoms with van der Waals surface area (Å²) < 4.78 is 31.5. The minimum atomic E-state index is -3.42. The van der Waals surface area contributed by atoms with Crippen LogP contribution in [0.1, 0.15) is 12.5 Å². The molecule has 0 amide bonds. The van der Waals surface area contributed by atoms with E-state index in [1.807, 2.05) is 66.7 Å². The Balaban J connectivity index is 1.88. The summed E-state index contributed by atoms with van der Waals surface area (Å²) in [7, 11) is -3.42. The number of benzene rings is 2. The Morgan fingerprint density at radius 3 is 2.41 bits per heavy atom. The van der Waals surface area contributed by atoms with Crippen molar-refractivity contribution >= 4 is 15.7 Å². The predicted octanol–water partition coefficient (Wildman–Crippen LogP) is 3.34. The molecular formula is C21H25N2O3S+. The molecule has 6 heteroatoms. The molecule has 0 aliphatic carbocycles. The SMILES string of the molecule is CCS(=O)(=O)[N+]1(c2ccc(COc3ccccc3)cc2)C=C(CN)C=CC1. The lowest BCUT2D eigenvalue weighted by Gasteiger charge is -2.34. The molecule has 0 fully saturated rings. The maximum absolute atomic E-state index is 13.0. The molecule has 5 nitrogen and oxygen atoms in total. The van der Waals surface area contributed by atoms with Gasteiger partial charge in [0, 0.05) is 24.3 Å². The topological polar surface area (TPSA) is 69.4 Å². The standard InChI is InChI=1S/C21H25N2O3S/c1-2-27(24,25)23(14-6-7-19(15-22)16-23)20-12-10-18(11-13-20)17-26-21-8-4-3-5-9-21/h3-13,16H,2,14-15,17,22H2,1H3/q+1. The van der Waals surface area contributed by atoms with Gasteiger partial charge in [-0.1, -0.05) is 24.3 Å². The summed E-state index contributed by atoms with van der Waals surface area (Å²) in [5, 5.41) is 0. The van der Waals surface area contributed by atoms with Gasteiger partial charge < -0.3 is 10.5 Å². The zero-order valence-electron chi connectivity index (χ0n) is 15.4. The largest absolute Gasteiger partial charge is 0.489 e. The van der Waals surface area contributed by atoms with Crippen LogP contribution in [0.2, 0.25) is 0 Å². The summed E-state index contributed by atoms with van der Waals surface area (Å²) in [6, 6.07) is 17.1. The molecule has 142 valence electrons. The summed E-state index contributed by atoms with van der Waals surface area (Å²) in [6.45, 7) is 2.76. The predicted molar refractivity (Wildman–Crippen MR) is 110 cm³/mol. The lowest BCUT2D eigenvalue weighted by Crippen LogP contribution is -2.51. The average molecular weight is 386 g/mol. The number of nitrogens with two attached hydrogens (primary N) is 1.